The second-order valence-electron chi connectivity index (χ2n) is 7.07. The number of nitrogens with two attached hydrogens (primary N) is 1. The van der Waals surface area contributed by atoms with Crippen LogP contribution in [0.15, 0.2) is 29.3 Å². The summed E-state index contributed by atoms with van der Waals surface area (Å²) in [7, 11) is 0. The highest BCUT2D eigenvalue weighted by molar-refractivity contribution is 14.0. The van der Waals surface area contributed by atoms with Crippen molar-refractivity contribution in [3.63, 3.8) is 0 Å². The summed E-state index contributed by atoms with van der Waals surface area (Å²) in [4.78, 5) is 4.61. The van der Waals surface area contributed by atoms with Gasteiger partial charge in [0.15, 0.2) is 5.96 Å². The zero-order chi connectivity index (χ0) is 16.8. The van der Waals surface area contributed by atoms with Crippen LogP contribution < -0.4 is 11.1 Å². The fraction of sp³-hybridized carbons (Fsp3) is 0.632. The fourth-order valence-corrected chi connectivity index (χ4v) is 3.89. The lowest BCUT2D eigenvalue weighted by Gasteiger charge is -2.36. The molecular weight excluding hydrogens is 432 g/mol. The number of nitrogens with zero attached hydrogens (tertiary/aromatic N) is 1. The highest BCUT2D eigenvalue weighted by atomic mass is 127. The van der Waals surface area contributed by atoms with Crippen molar-refractivity contribution in [3.05, 3.63) is 35.6 Å². The zero-order valence-corrected chi connectivity index (χ0v) is 17.0. The van der Waals surface area contributed by atoms with Gasteiger partial charge in [-0.1, -0.05) is 31.4 Å². The molecule has 0 amide bonds. The molecule has 1 aliphatic heterocycles. The van der Waals surface area contributed by atoms with E-state index >= 15 is 0 Å². The molecule has 1 saturated heterocycles. The summed E-state index contributed by atoms with van der Waals surface area (Å²) in [5, 5.41) is 3.18. The molecule has 0 radical (unpaired) electrons. The minimum atomic E-state index is -0.189. The normalized spacial score (nSPS) is 23.1. The van der Waals surface area contributed by atoms with Gasteiger partial charge < -0.3 is 15.8 Å². The lowest BCUT2D eigenvalue weighted by molar-refractivity contribution is 0.114. The maximum Gasteiger partial charge on any atom is 0.188 e. The fourth-order valence-electron chi connectivity index (χ4n) is 3.89. The van der Waals surface area contributed by atoms with E-state index in [1.807, 2.05) is 12.1 Å². The van der Waals surface area contributed by atoms with Gasteiger partial charge in [-0.2, -0.15) is 0 Å². The van der Waals surface area contributed by atoms with Gasteiger partial charge in [0, 0.05) is 18.6 Å². The standard InChI is InChI=1S/C19H28FN3O.HI/c20-16-8-6-15(7-9-16)19(10-2-1-3-11-19)14-23-18(21)22-13-17-5-4-12-24-17;/h6-9,17H,1-5,10-14H2,(H3,21,22,23);1H. The second-order valence-corrected chi connectivity index (χ2v) is 7.07. The number of hydrogen-bond acceptors (Lipinski definition) is 2. The van der Waals surface area contributed by atoms with E-state index in [0.717, 1.165) is 38.8 Å². The predicted octanol–water partition coefficient (Wildman–Crippen LogP) is 3.73. The molecule has 6 heteroatoms. The van der Waals surface area contributed by atoms with Gasteiger partial charge in [-0.3, -0.25) is 4.99 Å². The topological polar surface area (TPSA) is 59.6 Å². The van der Waals surface area contributed by atoms with Gasteiger partial charge in [-0.25, -0.2) is 4.39 Å². The van der Waals surface area contributed by atoms with E-state index in [1.54, 1.807) is 12.1 Å². The molecule has 4 nitrogen and oxygen atoms in total. The van der Waals surface area contributed by atoms with Gasteiger partial charge in [-0.05, 0) is 43.4 Å². The SMILES string of the molecule is I.NC(=NCC1(c2ccc(F)cc2)CCCCC1)NCC1CCCO1. The molecule has 0 bridgehead atoms. The molecule has 3 N–H and O–H groups in total. The number of halogens is 2. The molecule has 1 unspecified atom stereocenters. The Morgan fingerprint density at radius 1 is 1.20 bits per heavy atom. The third-order valence-electron chi connectivity index (χ3n) is 5.35. The molecule has 1 atom stereocenters. The Morgan fingerprint density at radius 3 is 2.56 bits per heavy atom. The molecule has 1 aromatic rings. The van der Waals surface area contributed by atoms with Crippen LogP contribution in [0.25, 0.3) is 0 Å². The molecule has 0 spiro atoms. The lowest BCUT2D eigenvalue weighted by atomic mass is 9.69. The maximum absolute atomic E-state index is 13.3. The molecule has 3 rings (SSSR count). The summed E-state index contributed by atoms with van der Waals surface area (Å²) in [6.45, 7) is 2.22. The van der Waals surface area contributed by atoms with Crippen molar-refractivity contribution in [2.75, 3.05) is 19.7 Å². The smallest absolute Gasteiger partial charge is 0.188 e. The molecule has 140 valence electrons. The lowest BCUT2D eigenvalue weighted by Crippen LogP contribution is -2.39. The predicted molar refractivity (Wildman–Crippen MR) is 110 cm³/mol. The van der Waals surface area contributed by atoms with Crippen molar-refractivity contribution in [2.45, 2.75) is 56.5 Å². The molecule has 1 saturated carbocycles. The van der Waals surface area contributed by atoms with Crippen LogP contribution >= 0.6 is 24.0 Å². The number of guanidine groups is 1. The third-order valence-corrected chi connectivity index (χ3v) is 5.35. The first-order chi connectivity index (χ1) is 11.7. The van der Waals surface area contributed by atoms with E-state index in [4.69, 9.17) is 10.5 Å². The molecule has 25 heavy (non-hydrogen) atoms. The third kappa shape index (κ3) is 5.54. The second kappa shape index (κ2) is 9.71. The monoisotopic (exact) mass is 461 g/mol. The average molecular weight is 461 g/mol. The van der Waals surface area contributed by atoms with Crippen LogP contribution in [0.1, 0.15) is 50.5 Å². The Hall–Kier alpha value is -0.890. The van der Waals surface area contributed by atoms with Crippen LogP contribution in [0.2, 0.25) is 0 Å². The first-order valence-electron chi connectivity index (χ1n) is 9.09. The van der Waals surface area contributed by atoms with Crippen LogP contribution in [0.3, 0.4) is 0 Å². The van der Waals surface area contributed by atoms with Gasteiger partial charge in [0.25, 0.3) is 0 Å². The van der Waals surface area contributed by atoms with Crippen molar-refractivity contribution in [1.29, 1.82) is 0 Å². The number of rotatable bonds is 5. The van der Waals surface area contributed by atoms with Crippen molar-refractivity contribution in [3.8, 4) is 0 Å². The largest absolute Gasteiger partial charge is 0.376 e. The Labute approximate surface area is 166 Å². The van der Waals surface area contributed by atoms with E-state index in [-0.39, 0.29) is 41.3 Å². The van der Waals surface area contributed by atoms with Gasteiger partial charge in [0.2, 0.25) is 0 Å². The minimum Gasteiger partial charge on any atom is -0.376 e. The summed E-state index contributed by atoms with van der Waals surface area (Å²) in [6.07, 6.45) is 8.27. The number of ether oxygens (including phenoxy) is 1. The van der Waals surface area contributed by atoms with Crippen molar-refractivity contribution in [1.82, 2.24) is 5.32 Å². The Bertz CT molecular complexity index is 552. The molecule has 2 aliphatic rings. The Morgan fingerprint density at radius 2 is 1.92 bits per heavy atom. The summed E-state index contributed by atoms with van der Waals surface area (Å²) < 4.78 is 18.9. The van der Waals surface area contributed by atoms with Gasteiger partial charge in [-0.15, -0.1) is 24.0 Å². The summed E-state index contributed by atoms with van der Waals surface area (Å²) in [6, 6.07) is 6.92. The van der Waals surface area contributed by atoms with Crippen LogP contribution in [-0.2, 0) is 10.2 Å². The average Bonchev–Trinajstić information content (AvgIpc) is 3.13. The van der Waals surface area contributed by atoms with E-state index in [9.17, 15) is 4.39 Å². The molecule has 1 heterocycles. The van der Waals surface area contributed by atoms with E-state index in [2.05, 4.69) is 10.3 Å². The zero-order valence-electron chi connectivity index (χ0n) is 14.7. The molecule has 1 aromatic carbocycles. The number of benzene rings is 1. The summed E-state index contributed by atoms with van der Waals surface area (Å²) in [5.41, 5.74) is 7.22. The summed E-state index contributed by atoms with van der Waals surface area (Å²) in [5.74, 6) is 0.295. The van der Waals surface area contributed by atoms with Crippen molar-refractivity contribution < 1.29 is 9.13 Å². The van der Waals surface area contributed by atoms with Crippen LogP contribution in [0.5, 0.6) is 0 Å². The van der Waals surface area contributed by atoms with Gasteiger partial charge >= 0.3 is 0 Å². The molecular formula is C19H29FIN3O. The van der Waals surface area contributed by atoms with E-state index in [0.29, 0.717) is 12.5 Å². The molecule has 0 aromatic heterocycles. The van der Waals surface area contributed by atoms with Crippen LogP contribution in [-0.4, -0.2) is 31.8 Å². The van der Waals surface area contributed by atoms with Gasteiger partial charge in [0.05, 0.1) is 12.6 Å². The highest BCUT2D eigenvalue weighted by Gasteiger charge is 2.33. The highest BCUT2D eigenvalue weighted by Crippen LogP contribution is 2.39. The van der Waals surface area contributed by atoms with Gasteiger partial charge in [0.1, 0.15) is 5.82 Å². The Balaban J connectivity index is 0.00000225. The van der Waals surface area contributed by atoms with E-state index in [1.165, 1.54) is 24.8 Å². The minimum absolute atomic E-state index is 0. The van der Waals surface area contributed by atoms with Crippen molar-refractivity contribution >= 4 is 29.9 Å². The van der Waals surface area contributed by atoms with Crippen LogP contribution in [0.4, 0.5) is 4.39 Å². The Kier molecular flexibility index (Phi) is 7.93. The first-order valence-corrected chi connectivity index (χ1v) is 9.09. The first kappa shape index (κ1) is 20.4. The number of hydrogen-bond donors (Lipinski definition) is 2. The van der Waals surface area contributed by atoms with Crippen molar-refractivity contribution in [2.24, 2.45) is 10.7 Å². The molecule has 2 fully saturated rings. The number of aliphatic imine (C=N–C) groups is 1. The maximum atomic E-state index is 13.3. The van der Waals surface area contributed by atoms with Crippen LogP contribution in [0, 0.1) is 5.82 Å². The quantitative estimate of drug-likeness (QED) is 0.399. The molecule has 1 aliphatic carbocycles. The summed E-state index contributed by atoms with van der Waals surface area (Å²) >= 11 is 0. The number of nitrogens with one attached hydrogen (secondary N) is 1. The van der Waals surface area contributed by atoms with E-state index < -0.39 is 0 Å².